The molecule has 0 spiro atoms. The number of phenolic OH excluding ortho intramolecular Hbond substituents is 1. The summed E-state index contributed by atoms with van der Waals surface area (Å²) in [5.74, 6) is 1.16. The zero-order valence-corrected chi connectivity index (χ0v) is 13.5. The van der Waals surface area contributed by atoms with Crippen LogP contribution in [0.2, 0.25) is 0 Å². The fraction of sp³-hybridized carbons (Fsp3) is 0.368. The van der Waals surface area contributed by atoms with Crippen molar-refractivity contribution in [3.8, 4) is 11.5 Å². The number of aromatic hydroxyl groups is 1. The molecule has 0 aliphatic carbocycles. The highest BCUT2D eigenvalue weighted by Crippen LogP contribution is 2.26. The summed E-state index contributed by atoms with van der Waals surface area (Å²) >= 11 is 0. The van der Waals surface area contributed by atoms with Crippen LogP contribution >= 0.6 is 0 Å². The number of phenols is 1. The summed E-state index contributed by atoms with van der Waals surface area (Å²) in [6, 6.07) is 15.3. The summed E-state index contributed by atoms with van der Waals surface area (Å²) < 4.78 is 11.3. The van der Waals surface area contributed by atoms with Crippen LogP contribution in [0.4, 0.5) is 0 Å². The lowest BCUT2D eigenvalue weighted by Gasteiger charge is -2.25. The highest BCUT2D eigenvalue weighted by Gasteiger charge is 2.21. The summed E-state index contributed by atoms with van der Waals surface area (Å²) in [5.41, 5.74) is 2.11. The van der Waals surface area contributed by atoms with Gasteiger partial charge in [0.1, 0.15) is 11.5 Å². The van der Waals surface area contributed by atoms with Gasteiger partial charge in [0, 0.05) is 5.41 Å². The zero-order chi connectivity index (χ0) is 16.0. The summed E-state index contributed by atoms with van der Waals surface area (Å²) in [5, 5.41) is 9.45. The molecule has 0 saturated heterocycles. The van der Waals surface area contributed by atoms with E-state index in [4.69, 9.17) is 9.47 Å². The Morgan fingerprint density at radius 3 is 2.41 bits per heavy atom. The second kappa shape index (κ2) is 7.32. The maximum atomic E-state index is 9.45. The molecule has 0 amide bonds. The zero-order valence-electron chi connectivity index (χ0n) is 13.5. The number of rotatable bonds is 7. The van der Waals surface area contributed by atoms with Crippen LogP contribution in [0.1, 0.15) is 31.9 Å². The second-order valence-electron chi connectivity index (χ2n) is 6.00. The third-order valence-electron chi connectivity index (χ3n) is 3.59. The van der Waals surface area contributed by atoms with Crippen molar-refractivity contribution >= 4 is 0 Å². The van der Waals surface area contributed by atoms with E-state index in [9.17, 15) is 5.11 Å². The Kier molecular flexibility index (Phi) is 5.45. The molecule has 0 unspecified atom stereocenters. The van der Waals surface area contributed by atoms with Gasteiger partial charge in [0.15, 0.2) is 0 Å². The first kappa shape index (κ1) is 16.4. The van der Waals surface area contributed by atoms with Gasteiger partial charge < -0.3 is 14.6 Å². The number of hydrogen-bond donors (Lipinski definition) is 1. The third kappa shape index (κ3) is 4.50. The lowest BCUT2D eigenvalue weighted by Crippen LogP contribution is -2.24. The average Bonchev–Trinajstić information content (AvgIpc) is 2.48. The molecule has 0 heterocycles. The van der Waals surface area contributed by atoms with Gasteiger partial charge >= 0.3 is 0 Å². The van der Waals surface area contributed by atoms with Gasteiger partial charge in [-0.1, -0.05) is 38.1 Å². The van der Waals surface area contributed by atoms with E-state index >= 15 is 0 Å². The molecule has 0 fully saturated rings. The summed E-state index contributed by atoms with van der Waals surface area (Å²) in [7, 11) is 0. The normalized spacial score (nSPS) is 11.4. The van der Waals surface area contributed by atoms with Crippen molar-refractivity contribution in [1.82, 2.24) is 0 Å². The molecule has 0 aliphatic heterocycles. The van der Waals surface area contributed by atoms with E-state index in [1.807, 2.05) is 31.2 Å². The van der Waals surface area contributed by atoms with Crippen molar-refractivity contribution in [1.29, 1.82) is 0 Å². The average molecular weight is 300 g/mol. The molecule has 118 valence electrons. The van der Waals surface area contributed by atoms with E-state index in [2.05, 4.69) is 26.0 Å². The Morgan fingerprint density at radius 1 is 1.05 bits per heavy atom. The van der Waals surface area contributed by atoms with E-state index in [0.29, 0.717) is 19.8 Å². The molecule has 3 nitrogen and oxygen atoms in total. The van der Waals surface area contributed by atoms with Crippen molar-refractivity contribution in [2.24, 2.45) is 0 Å². The van der Waals surface area contributed by atoms with Crippen LogP contribution in [-0.2, 0) is 16.8 Å². The van der Waals surface area contributed by atoms with Crippen LogP contribution < -0.4 is 4.74 Å². The van der Waals surface area contributed by atoms with Crippen molar-refractivity contribution in [3.63, 3.8) is 0 Å². The van der Waals surface area contributed by atoms with Gasteiger partial charge in [-0.2, -0.15) is 0 Å². The molecule has 1 N–H and O–H groups in total. The predicted molar refractivity (Wildman–Crippen MR) is 88.4 cm³/mol. The minimum absolute atomic E-state index is 0.0818. The highest BCUT2D eigenvalue weighted by atomic mass is 16.5. The quantitative estimate of drug-likeness (QED) is 0.829. The molecule has 3 heteroatoms. The Bertz CT molecular complexity index is 588. The lowest BCUT2D eigenvalue weighted by atomic mass is 9.85. The number of hydrogen-bond acceptors (Lipinski definition) is 3. The molecular formula is C19H24O3. The Morgan fingerprint density at radius 2 is 1.77 bits per heavy atom. The van der Waals surface area contributed by atoms with Crippen molar-refractivity contribution < 1.29 is 14.6 Å². The molecule has 0 atom stereocenters. The van der Waals surface area contributed by atoms with Gasteiger partial charge in [-0.3, -0.25) is 0 Å². The SMILES string of the molecule is CCOc1ccc(C(C)(C)COCc2cccc(O)c2)cc1. The molecule has 0 aliphatic rings. The smallest absolute Gasteiger partial charge is 0.119 e. The van der Waals surface area contributed by atoms with Gasteiger partial charge in [-0.05, 0) is 42.3 Å². The molecule has 0 saturated carbocycles. The Labute approximate surface area is 132 Å². The van der Waals surface area contributed by atoms with Crippen molar-refractivity contribution in [3.05, 3.63) is 59.7 Å². The van der Waals surface area contributed by atoms with E-state index < -0.39 is 0 Å². The van der Waals surface area contributed by atoms with Gasteiger partial charge in [0.25, 0.3) is 0 Å². The first-order chi connectivity index (χ1) is 10.5. The maximum Gasteiger partial charge on any atom is 0.119 e. The molecule has 2 aromatic carbocycles. The molecular weight excluding hydrogens is 276 g/mol. The van der Waals surface area contributed by atoms with E-state index in [0.717, 1.165) is 11.3 Å². The minimum atomic E-state index is -0.0818. The van der Waals surface area contributed by atoms with Crippen LogP contribution in [0, 0.1) is 0 Å². The van der Waals surface area contributed by atoms with Crippen molar-refractivity contribution in [2.45, 2.75) is 32.8 Å². The summed E-state index contributed by atoms with van der Waals surface area (Å²) in [6.45, 7) is 8.07. The highest BCUT2D eigenvalue weighted by molar-refractivity contribution is 5.31. The van der Waals surface area contributed by atoms with Gasteiger partial charge in [-0.15, -0.1) is 0 Å². The monoisotopic (exact) mass is 300 g/mol. The van der Waals surface area contributed by atoms with Crippen LogP contribution in [0.25, 0.3) is 0 Å². The van der Waals surface area contributed by atoms with Gasteiger partial charge in [0.05, 0.1) is 19.8 Å². The molecule has 2 rings (SSSR count). The van der Waals surface area contributed by atoms with E-state index in [1.165, 1.54) is 5.56 Å². The standard InChI is InChI=1S/C19H24O3/c1-4-22-18-10-8-16(9-11-18)19(2,3)14-21-13-15-6-5-7-17(20)12-15/h5-12,20H,4,13-14H2,1-3H3. The molecule has 0 radical (unpaired) electrons. The topological polar surface area (TPSA) is 38.7 Å². The van der Waals surface area contributed by atoms with E-state index in [1.54, 1.807) is 12.1 Å². The summed E-state index contributed by atoms with van der Waals surface area (Å²) in [6.07, 6.45) is 0. The van der Waals surface area contributed by atoms with Gasteiger partial charge in [-0.25, -0.2) is 0 Å². The first-order valence-corrected chi connectivity index (χ1v) is 7.60. The maximum absolute atomic E-state index is 9.45. The molecule has 0 aromatic heterocycles. The second-order valence-corrected chi connectivity index (χ2v) is 6.00. The fourth-order valence-electron chi connectivity index (χ4n) is 2.32. The number of benzene rings is 2. The fourth-order valence-corrected chi connectivity index (χ4v) is 2.32. The Hall–Kier alpha value is -2.00. The van der Waals surface area contributed by atoms with Crippen LogP contribution in [-0.4, -0.2) is 18.3 Å². The Balaban J connectivity index is 1.92. The first-order valence-electron chi connectivity index (χ1n) is 7.60. The third-order valence-corrected chi connectivity index (χ3v) is 3.59. The molecule has 0 bridgehead atoms. The number of ether oxygens (including phenoxy) is 2. The largest absolute Gasteiger partial charge is 0.508 e. The summed E-state index contributed by atoms with van der Waals surface area (Å²) in [4.78, 5) is 0. The molecule has 2 aromatic rings. The van der Waals surface area contributed by atoms with Crippen LogP contribution in [0.3, 0.4) is 0 Å². The molecule has 22 heavy (non-hydrogen) atoms. The van der Waals surface area contributed by atoms with Crippen molar-refractivity contribution in [2.75, 3.05) is 13.2 Å². The minimum Gasteiger partial charge on any atom is -0.508 e. The lowest BCUT2D eigenvalue weighted by molar-refractivity contribution is 0.0824. The van der Waals surface area contributed by atoms with E-state index in [-0.39, 0.29) is 11.2 Å². The predicted octanol–water partition coefficient (Wildman–Crippen LogP) is 4.29. The van der Waals surface area contributed by atoms with Crippen LogP contribution in [0.5, 0.6) is 11.5 Å². The van der Waals surface area contributed by atoms with Crippen LogP contribution in [0.15, 0.2) is 48.5 Å². The van der Waals surface area contributed by atoms with Gasteiger partial charge in [0.2, 0.25) is 0 Å².